The van der Waals surface area contributed by atoms with Crippen LogP contribution in [0.2, 0.25) is 0 Å². The minimum absolute atomic E-state index is 0.0673. The maximum absolute atomic E-state index is 13.5. The van der Waals surface area contributed by atoms with E-state index in [1.165, 1.54) is 4.90 Å². The molecule has 4 aromatic rings. The molecule has 2 heterocycles. The zero-order valence-electron chi connectivity index (χ0n) is 22.8. The number of aliphatic hydroxyl groups excluding tert-OH is 1. The van der Waals surface area contributed by atoms with E-state index in [9.17, 15) is 19.5 Å². The lowest BCUT2D eigenvalue weighted by molar-refractivity contribution is -0.132. The van der Waals surface area contributed by atoms with Gasteiger partial charge in [0.1, 0.15) is 23.0 Å². The Balaban J connectivity index is 1.57. The SMILES string of the molecule is CCOC(=O)c1sc(N2C(=O)C(=O)C(=C(O)c3ccc(C)cc3)C2c2ccc(OCc3ccccc3)cc2)nc1C. The van der Waals surface area contributed by atoms with E-state index in [1.54, 1.807) is 50.2 Å². The molecule has 1 atom stereocenters. The number of rotatable bonds is 8. The molecule has 5 rings (SSSR count). The monoisotopic (exact) mass is 568 g/mol. The third-order valence-electron chi connectivity index (χ3n) is 6.67. The van der Waals surface area contributed by atoms with Gasteiger partial charge in [0.25, 0.3) is 5.78 Å². The number of ketones is 1. The Hall–Kier alpha value is -4.76. The molecule has 1 fully saturated rings. The third-order valence-corrected chi connectivity index (χ3v) is 7.80. The fourth-order valence-corrected chi connectivity index (χ4v) is 5.56. The van der Waals surface area contributed by atoms with E-state index >= 15 is 0 Å². The molecule has 41 heavy (non-hydrogen) atoms. The van der Waals surface area contributed by atoms with Gasteiger partial charge in [-0.2, -0.15) is 0 Å². The zero-order chi connectivity index (χ0) is 29.1. The van der Waals surface area contributed by atoms with Gasteiger partial charge in [-0.05, 0) is 44.0 Å². The molecule has 0 radical (unpaired) electrons. The number of ether oxygens (including phenoxy) is 2. The van der Waals surface area contributed by atoms with Crippen molar-refractivity contribution < 1.29 is 29.0 Å². The van der Waals surface area contributed by atoms with Crippen LogP contribution in [0.1, 0.15) is 50.6 Å². The minimum Gasteiger partial charge on any atom is -0.507 e. The summed E-state index contributed by atoms with van der Waals surface area (Å²) < 4.78 is 11.1. The first-order valence-electron chi connectivity index (χ1n) is 13.1. The van der Waals surface area contributed by atoms with Crippen LogP contribution in [0.25, 0.3) is 5.76 Å². The molecule has 1 aliphatic heterocycles. The molecule has 0 saturated carbocycles. The van der Waals surface area contributed by atoms with Crippen LogP contribution in [0.15, 0.2) is 84.4 Å². The van der Waals surface area contributed by atoms with Crippen LogP contribution in [0.3, 0.4) is 0 Å². The Morgan fingerprint density at radius 3 is 2.32 bits per heavy atom. The number of esters is 1. The summed E-state index contributed by atoms with van der Waals surface area (Å²) >= 11 is 0.968. The number of aliphatic hydroxyl groups is 1. The van der Waals surface area contributed by atoms with Gasteiger partial charge in [0.15, 0.2) is 5.13 Å². The van der Waals surface area contributed by atoms with E-state index in [0.717, 1.165) is 22.5 Å². The van der Waals surface area contributed by atoms with Gasteiger partial charge in [-0.15, -0.1) is 0 Å². The highest BCUT2D eigenvalue weighted by atomic mass is 32.1. The lowest BCUT2D eigenvalue weighted by Crippen LogP contribution is -2.29. The van der Waals surface area contributed by atoms with Crippen LogP contribution < -0.4 is 9.64 Å². The maximum Gasteiger partial charge on any atom is 0.350 e. The molecule has 1 aromatic heterocycles. The molecule has 3 aromatic carbocycles. The van der Waals surface area contributed by atoms with E-state index in [4.69, 9.17) is 9.47 Å². The van der Waals surface area contributed by atoms with Crippen molar-refractivity contribution in [1.29, 1.82) is 0 Å². The molecule has 208 valence electrons. The number of Topliss-reactive ketones (excluding diaryl/α,β-unsaturated/α-hetero) is 1. The second-order valence-electron chi connectivity index (χ2n) is 9.51. The van der Waals surface area contributed by atoms with Gasteiger partial charge in [0.2, 0.25) is 0 Å². The fraction of sp³-hybridized carbons (Fsp3) is 0.188. The number of thiazole rings is 1. The second kappa shape index (κ2) is 11.8. The summed E-state index contributed by atoms with van der Waals surface area (Å²) in [6.07, 6.45) is 0. The molecule has 0 spiro atoms. The van der Waals surface area contributed by atoms with Gasteiger partial charge in [-0.3, -0.25) is 14.5 Å². The summed E-state index contributed by atoms with van der Waals surface area (Å²) in [5.41, 5.74) is 3.28. The Labute approximate surface area is 241 Å². The first kappa shape index (κ1) is 27.8. The van der Waals surface area contributed by atoms with Crippen molar-refractivity contribution in [3.8, 4) is 5.75 Å². The van der Waals surface area contributed by atoms with Crippen molar-refractivity contribution in [3.05, 3.63) is 117 Å². The highest BCUT2D eigenvalue weighted by Crippen LogP contribution is 2.44. The number of aryl methyl sites for hydroxylation is 2. The van der Waals surface area contributed by atoms with Gasteiger partial charge in [0.05, 0.1) is 23.9 Å². The summed E-state index contributed by atoms with van der Waals surface area (Å²) in [5, 5.41) is 11.5. The molecule has 1 saturated heterocycles. The average molecular weight is 569 g/mol. The second-order valence-corrected chi connectivity index (χ2v) is 10.5. The summed E-state index contributed by atoms with van der Waals surface area (Å²) in [5.74, 6) is -1.94. The predicted molar refractivity (Wildman–Crippen MR) is 156 cm³/mol. The van der Waals surface area contributed by atoms with Gasteiger partial charge in [-0.1, -0.05) is 83.6 Å². The van der Waals surface area contributed by atoms with Crippen molar-refractivity contribution in [3.63, 3.8) is 0 Å². The summed E-state index contributed by atoms with van der Waals surface area (Å²) in [4.78, 5) is 45.4. The van der Waals surface area contributed by atoms with Crippen LogP contribution in [0, 0.1) is 13.8 Å². The van der Waals surface area contributed by atoms with Crippen molar-refractivity contribution in [2.45, 2.75) is 33.4 Å². The number of hydrogen-bond donors (Lipinski definition) is 1. The Bertz CT molecular complexity index is 1630. The third kappa shape index (κ3) is 5.62. The molecule has 1 unspecified atom stereocenters. The van der Waals surface area contributed by atoms with Crippen molar-refractivity contribution in [2.24, 2.45) is 0 Å². The number of hydrogen-bond acceptors (Lipinski definition) is 8. The number of amides is 1. The number of benzene rings is 3. The lowest BCUT2D eigenvalue weighted by atomic mass is 9.95. The molecule has 1 N–H and O–H groups in total. The molecular weight excluding hydrogens is 540 g/mol. The van der Waals surface area contributed by atoms with Gasteiger partial charge >= 0.3 is 11.9 Å². The summed E-state index contributed by atoms with van der Waals surface area (Å²) in [7, 11) is 0. The van der Waals surface area contributed by atoms with Gasteiger partial charge < -0.3 is 14.6 Å². The van der Waals surface area contributed by atoms with E-state index in [1.807, 2.05) is 49.4 Å². The topological polar surface area (TPSA) is 106 Å². The highest BCUT2D eigenvalue weighted by Gasteiger charge is 2.48. The first-order valence-corrected chi connectivity index (χ1v) is 13.9. The zero-order valence-corrected chi connectivity index (χ0v) is 23.6. The number of anilines is 1. The highest BCUT2D eigenvalue weighted by molar-refractivity contribution is 7.17. The molecule has 0 aliphatic carbocycles. The van der Waals surface area contributed by atoms with E-state index in [-0.39, 0.29) is 27.9 Å². The molecular formula is C32H28N2O6S. The fourth-order valence-electron chi connectivity index (χ4n) is 4.57. The van der Waals surface area contributed by atoms with Gasteiger partial charge in [-0.25, -0.2) is 9.78 Å². The summed E-state index contributed by atoms with van der Waals surface area (Å²) in [6, 6.07) is 22.8. The van der Waals surface area contributed by atoms with E-state index in [2.05, 4.69) is 4.98 Å². The normalized spacial score (nSPS) is 16.2. The molecule has 9 heteroatoms. The smallest absolute Gasteiger partial charge is 0.350 e. The minimum atomic E-state index is -0.986. The van der Waals surface area contributed by atoms with Gasteiger partial charge in [0, 0.05) is 5.56 Å². The molecule has 0 bridgehead atoms. The Kier molecular flexibility index (Phi) is 7.98. The van der Waals surface area contributed by atoms with Crippen LogP contribution in [0.5, 0.6) is 5.75 Å². The number of nitrogens with zero attached hydrogens (tertiary/aromatic N) is 2. The van der Waals surface area contributed by atoms with Crippen LogP contribution in [0.4, 0.5) is 5.13 Å². The van der Waals surface area contributed by atoms with Crippen molar-refractivity contribution >= 4 is 39.9 Å². The Morgan fingerprint density at radius 2 is 1.66 bits per heavy atom. The summed E-state index contributed by atoms with van der Waals surface area (Å²) in [6.45, 7) is 5.82. The van der Waals surface area contributed by atoms with Crippen LogP contribution in [-0.4, -0.2) is 34.4 Å². The number of carbonyl (C=O) groups excluding carboxylic acids is 3. The van der Waals surface area contributed by atoms with Crippen molar-refractivity contribution in [1.82, 2.24) is 4.98 Å². The van der Waals surface area contributed by atoms with E-state index in [0.29, 0.717) is 29.2 Å². The van der Waals surface area contributed by atoms with Crippen molar-refractivity contribution in [2.75, 3.05) is 11.5 Å². The van der Waals surface area contributed by atoms with Crippen LogP contribution >= 0.6 is 11.3 Å². The predicted octanol–water partition coefficient (Wildman–Crippen LogP) is 6.14. The standard InChI is InChI=1S/C32H28N2O6S/c1-4-39-31(38)29-20(3)33-32(41-29)34-26(22-14-16-24(17-15-22)40-18-21-8-6-5-7-9-21)25(28(36)30(34)37)27(35)23-12-10-19(2)11-13-23/h5-17,26,35H,4,18H2,1-3H3. The molecule has 8 nitrogen and oxygen atoms in total. The van der Waals surface area contributed by atoms with Crippen LogP contribution in [-0.2, 0) is 20.9 Å². The Morgan fingerprint density at radius 1 is 0.976 bits per heavy atom. The van der Waals surface area contributed by atoms with E-state index < -0.39 is 23.7 Å². The first-order chi connectivity index (χ1) is 19.8. The molecule has 1 aliphatic rings. The largest absolute Gasteiger partial charge is 0.507 e. The molecule has 1 amide bonds. The average Bonchev–Trinajstić information content (AvgIpc) is 3.49. The quantitative estimate of drug-likeness (QED) is 0.118. The number of aromatic nitrogens is 1. The maximum atomic E-state index is 13.5. The number of carbonyl (C=O) groups is 3. The lowest BCUT2D eigenvalue weighted by Gasteiger charge is -2.23.